The van der Waals surface area contributed by atoms with Gasteiger partial charge in [0.25, 0.3) is 0 Å². The van der Waals surface area contributed by atoms with Gasteiger partial charge in [-0.15, -0.1) is 0 Å². The molecule has 0 aromatic heterocycles. The second-order valence-electron chi connectivity index (χ2n) is 4.22. The molecule has 0 heterocycles. The van der Waals surface area contributed by atoms with Crippen molar-refractivity contribution in [2.24, 2.45) is 0 Å². The van der Waals surface area contributed by atoms with Gasteiger partial charge < -0.3 is 14.9 Å². The first-order chi connectivity index (χ1) is 8.62. The Balaban J connectivity index is 2.55. The maximum absolute atomic E-state index is 13.4. The average molecular weight is 257 g/mol. The normalized spacial score (nSPS) is 11.3. The van der Waals surface area contributed by atoms with Gasteiger partial charge in [0.1, 0.15) is 0 Å². The third-order valence-corrected chi connectivity index (χ3v) is 3.01. The summed E-state index contributed by atoms with van der Waals surface area (Å²) in [6, 6.07) is 4.58. The first kappa shape index (κ1) is 14.9. The summed E-state index contributed by atoms with van der Waals surface area (Å²) in [7, 11) is 3.25. The van der Waals surface area contributed by atoms with Crippen molar-refractivity contribution in [3.8, 4) is 5.75 Å². The number of hydrogen-bond acceptors (Lipinski definition) is 4. The number of benzene rings is 1. The van der Waals surface area contributed by atoms with Crippen molar-refractivity contribution in [1.29, 1.82) is 0 Å². The molecule has 0 amide bonds. The third-order valence-electron chi connectivity index (χ3n) is 3.01. The molecule has 0 fully saturated rings. The van der Waals surface area contributed by atoms with Crippen molar-refractivity contribution in [3.63, 3.8) is 0 Å². The van der Waals surface area contributed by atoms with Crippen molar-refractivity contribution >= 4 is 0 Å². The molecular formula is C13H20FNO3. The van der Waals surface area contributed by atoms with Gasteiger partial charge in [-0.05, 0) is 31.2 Å². The predicted octanol–water partition coefficient (Wildman–Crippen LogP) is 0.662. The number of ether oxygens (including phenoxy) is 1. The van der Waals surface area contributed by atoms with E-state index in [2.05, 4.69) is 0 Å². The molecule has 5 heteroatoms. The molecule has 0 spiro atoms. The monoisotopic (exact) mass is 257 g/mol. The molecule has 102 valence electrons. The van der Waals surface area contributed by atoms with Crippen LogP contribution in [-0.2, 0) is 6.42 Å². The molecule has 1 rings (SSSR count). The molecule has 0 bridgehead atoms. The second-order valence-corrected chi connectivity index (χ2v) is 4.22. The van der Waals surface area contributed by atoms with Crippen LogP contribution in [0.15, 0.2) is 18.2 Å². The molecule has 18 heavy (non-hydrogen) atoms. The van der Waals surface area contributed by atoms with E-state index >= 15 is 0 Å². The molecule has 2 N–H and O–H groups in total. The first-order valence-corrected chi connectivity index (χ1v) is 5.86. The van der Waals surface area contributed by atoms with E-state index < -0.39 is 0 Å². The molecule has 1 aromatic carbocycles. The number of nitrogens with zero attached hydrogens (tertiary/aromatic N) is 1. The van der Waals surface area contributed by atoms with E-state index in [1.165, 1.54) is 13.2 Å². The Morgan fingerprint density at radius 3 is 2.50 bits per heavy atom. The molecular weight excluding hydrogens is 237 g/mol. The van der Waals surface area contributed by atoms with Gasteiger partial charge >= 0.3 is 0 Å². The molecule has 0 saturated carbocycles. The Morgan fingerprint density at radius 2 is 2.00 bits per heavy atom. The third kappa shape index (κ3) is 3.94. The molecule has 0 saturated heterocycles. The van der Waals surface area contributed by atoms with Crippen molar-refractivity contribution in [1.82, 2.24) is 4.90 Å². The highest BCUT2D eigenvalue weighted by molar-refractivity contribution is 5.29. The molecule has 0 radical (unpaired) electrons. The van der Waals surface area contributed by atoms with E-state index in [0.29, 0.717) is 13.0 Å². The Kier molecular flexibility index (Phi) is 6.04. The van der Waals surface area contributed by atoms with Gasteiger partial charge in [-0.3, -0.25) is 4.90 Å². The van der Waals surface area contributed by atoms with Gasteiger partial charge in [0, 0.05) is 6.54 Å². The average Bonchev–Trinajstić information content (AvgIpc) is 2.38. The van der Waals surface area contributed by atoms with Crippen LogP contribution in [0.3, 0.4) is 0 Å². The minimum Gasteiger partial charge on any atom is -0.494 e. The Hall–Kier alpha value is -1.17. The number of rotatable bonds is 7. The maximum atomic E-state index is 13.4. The first-order valence-electron chi connectivity index (χ1n) is 5.86. The lowest BCUT2D eigenvalue weighted by atomic mass is 10.1. The summed E-state index contributed by atoms with van der Waals surface area (Å²) in [6.07, 6.45) is 0.647. The standard InChI is InChI=1S/C13H20FNO3/c1-15(11(8-16)9-17)6-5-10-3-4-13(18-2)12(14)7-10/h3-4,7,11,16-17H,5-6,8-9H2,1-2H3. The lowest BCUT2D eigenvalue weighted by molar-refractivity contribution is 0.0925. The summed E-state index contributed by atoms with van der Waals surface area (Å²) >= 11 is 0. The topological polar surface area (TPSA) is 52.9 Å². The van der Waals surface area contributed by atoms with Gasteiger partial charge in [0.2, 0.25) is 0 Å². The molecule has 0 unspecified atom stereocenters. The highest BCUT2D eigenvalue weighted by Crippen LogP contribution is 2.18. The largest absolute Gasteiger partial charge is 0.494 e. The fourth-order valence-corrected chi connectivity index (χ4v) is 1.69. The molecule has 0 aliphatic carbocycles. The van der Waals surface area contributed by atoms with Gasteiger partial charge in [-0.2, -0.15) is 0 Å². The van der Waals surface area contributed by atoms with Crippen LogP contribution in [0.5, 0.6) is 5.75 Å². The van der Waals surface area contributed by atoms with E-state index in [1.54, 1.807) is 6.07 Å². The zero-order valence-electron chi connectivity index (χ0n) is 10.8. The molecule has 0 atom stereocenters. The lowest BCUT2D eigenvalue weighted by Gasteiger charge is -2.24. The Bertz CT molecular complexity index is 369. The number of hydrogen-bond donors (Lipinski definition) is 2. The molecule has 1 aromatic rings. The van der Waals surface area contributed by atoms with Crippen molar-refractivity contribution < 1.29 is 19.3 Å². The van der Waals surface area contributed by atoms with Crippen molar-refractivity contribution in [2.75, 3.05) is 33.9 Å². The van der Waals surface area contributed by atoms with Crippen LogP contribution in [0.25, 0.3) is 0 Å². The molecule has 0 aliphatic rings. The van der Waals surface area contributed by atoms with Gasteiger partial charge in [0.05, 0.1) is 26.4 Å². The molecule has 4 nitrogen and oxygen atoms in total. The van der Waals surface area contributed by atoms with Gasteiger partial charge in [-0.25, -0.2) is 4.39 Å². The number of likely N-dealkylation sites (N-methyl/N-ethyl adjacent to an activating group) is 1. The fourth-order valence-electron chi connectivity index (χ4n) is 1.69. The lowest BCUT2D eigenvalue weighted by Crippen LogP contribution is -2.38. The van der Waals surface area contributed by atoms with E-state index in [0.717, 1.165) is 5.56 Å². The number of aliphatic hydroxyl groups is 2. The fraction of sp³-hybridized carbons (Fsp3) is 0.538. The summed E-state index contributed by atoms with van der Waals surface area (Å²) in [5.74, 6) is -0.144. The van der Waals surface area contributed by atoms with Crippen LogP contribution >= 0.6 is 0 Å². The van der Waals surface area contributed by atoms with E-state index in [9.17, 15) is 4.39 Å². The van der Waals surface area contributed by atoms with Crippen LogP contribution in [0.4, 0.5) is 4.39 Å². The highest BCUT2D eigenvalue weighted by atomic mass is 19.1. The smallest absolute Gasteiger partial charge is 0.165 e. The summed E-state index contributed by atoms with van der Waals surface area (Å²) in [5.41, 5.74) is 0.856. The number of halogens is 1. The van der Waals surface area contributed by atoms with Gasteiger partial charge in [0.15, 0.2) is 11.6 Å². The Morgan fingerprint density at radius 1 is 1.33 bits per heavy atom. The predicted molar refractivity (Wildman–Crippen MR) is 67.2 cm³/mol. The zero-order valence-corrected chi connectivity index (χ0v) is 10.8. The summed E-state index contributed by atoms with van der Waals surface area (Å²) in [6.45, 7) is 0.450. The van der Waals surface area contributed by atoms with Crippen molar-refractivity contribution in [3.05, 3.63) is 29.6 Å². The summed E-state index contributed by atoms with van der Waals surface area (Å²) < 4.78 is 18.3. The zero-order chi connectivity index (χ0) is 13.5. The van der Waals surface area contributed by atoms with Gasteiger partial charge in [-0.1, -0.05) is 6.07 Å². The minimum absolute atomic E-state index is 0.0933. The van der Waals surface area contributed by atoms with E-state index in [1.807, 2.05) is 18.0 Å². The Labute approximate surface area is 107 Å². The van der Waals surface area contributed by atoms with Crippen LogP contribution in [0, 0.1) is 5.82 Å². The quantitative estimate of drug-likeness (QED) is 0.753. The van der Waals surface area contributed by atoms with Crippen molar-refractivity contribution in [2.45, 2.75) is 12.5 Å². The van der Waals surface area contributed by atoms with Crippen LogP contribution in [0.1, 0.15) is 5.56 Å². The summed E-state index contributed by atoms with van der Waals surface area (Å²) in [5, 5.41) is 18.1. The molecule has 0 aliphatic heterocycles. The van der Waals surface area contributed by atoms with E-state index in [-0.39, 0.29) is 30.8 Å². The maximum Gasteiger partial charge on any atom is 0.165 e. The van der Waals surface area contributed by atoms with Crippen LogP contribution < -0.4 is 4.74 Å². The SMILES string of the molecule is COc1ccc(CCN(C)C(CO)CO)cc1F. The highest BCUT2D eigenvalue weighted by Gasteiger charge is 2.12. The number of methoxy groups -OCH3 is 1. The minimum atomic E-state index is -0.376. The van der Waals surface area contributed by atoms with E-state index in [4.69, 9.17) is 14.9 Å². The summed E-state index contributed by atoms with van der Waals surface area (Å²) in [4.78, 5) is 1.85. The number of aliphatic hydroxyl groups excluding tert-OH is 2. The second kappa shape index (κ2) is 7.31. The van der Waals surface area contributed by atoms with Crippen LogP contribution in [0.2, 0.25) is 0 Å². The van der Waals surface area contributed by atoms with Crippen LogP contribution in [-0.4, -0.2) is 55.1 Å².